The van der Waals surface area contributed by atoms with Crippen molar-refractivity contribution < 1.29 is 0 Å². The van der Waals surface area contributed by atoms with Crippen LogP contribution in [0.4, 0.5) is 0 Å². The Morgan fingerprint density at radius 1 is 1.17 bits per heavy atom. The summed E-state index contributed by atoms with van der Waals surface area (Å²) in [7, 11) is 0. The molecule has 0 aliphatic carbocycles. The molecule has 0 amide bonds. The molecule has 0 saturated heterocycles. The summed E-state index contributed by atoms with van der Waals surface area (Å²) in [6.45, 7) is 10.3. The molecule has 1 atom stereocenters. The van der Waals surface area contributed by atoms with Crippen molar-refractivity contribution in [2.75, 3.05) is 6.54 Å². The molecule has 102 valence electrons. The molecular formula is C16H26BrN. The predicted molar refractivity (Wildman–Crippen MR) is 84.0 cm³/mol. The van der Waals surface area contributed by atoms with Gasteiger partial charge in [-0.05, 0) is 48.9 Å². The van der Waals surface area contributed by atoms with Gasteiger partial charge in [0.25, 0.3) is 0 Å². The summed E-state index contributed by atoms with van der Waals surface area (Å²) in [5.41, 5.74) is 1.75. The molecule has 1 rings (SSSR count). The summed E-state index contributed by atoms with van der Waals surface area (Å²) in [5.74, 6) is 0. The zero-order chi connectivity index (χ0) is 13.6. The second-order valence-electron chi connectivity index (χ2n) is 6.04. The van der Waals surface area contributed by atoms with Crippen LogP contribution in [0.3, 0.4) is 0 Å². The van der Waals surface area contributed by atoms with Gasteiger partial charge in [0.1, 0.15) is 0 Å². The van der Waals surface area contributed by atoms with Gasteiger partial charge in [0.15, 0.2) is 0 Å². The third kappa shape index (κ3) is 5.53. The van der Waals surface area contributed by atoms with Gasteiger partial charge in [-0.25, -0.2) is 0 Å². The lowest BCUT2D eigenvalue weighted by Gasteiger charge is -2.32. The van der Waals surface area contributed by atoms with E-state index in [1.54, 1.807) is 0 Å². The quantitative estimate of drug-likeness (QED) is 0.796. The summed E-state index contributed by atoms with van der Waals surface area (Å²) < 4.78 is 1.16. The van der Waals surface area contributed by atoms with Crippen LogP contribution in [-0.2, 0) is 6.42 Å². The van der Waals surface area contributed by atoms with Crippen LogP contribution in [0.5, 0.6) is 0 Å². The maximum absolute atomic E-state index is 3.68. The van der Waals surface area contributed by atoms with Crippen LogP contribution in [0.15, 0.2) is 28.7 Å². The van der Waals surface area contributed by atoms with Crippen LogP contribution in [0, 0.1) is 5.41 Å². The SMILES string of the molecule is CCCNC(CCc1ccc(Br)cc1)C(C)(C)C. The summed E-state index contributed by atoms with van der Waals surface area (Å²) >= 11 is 3.48. The van der Waals surface area contributed by atoms with Crippen molar-refractivity contribution in [3.63, 3.8) is 0 Å². The van der Waals surface area contributed by atoms with Crippen molar-refractivity contribution in [2.24, 2.45) is 5.41 Å². The number of benzene rings is 1. The monoisotopic (exact) mass is 311 g/mol. The Kier molecular flexibility index (Phi) is 6.37. The highest BCUT2D eigenvalue weighted by Crippen LogP contribution is 2.23. The number of halogens is 1. The van der Waals surface area contributed by atoms with Crippen molar-refractivity contribution in [3.05, 3.63) is 34.3 Å². The minimum atomic E-state index is 0.324. The number of hydrogen-bond donors (Lipinski definition) is 1. The standard InChI is InChI=1S/C16H26BrN/c1-5-12-18-15(16(2,3)4)11-8-13-6-9-14(17)10-7-13/h6-7,9-10,15,18H,5,8,11-12H2,1-4H3. The fourth-order valence-electron chi connectivity index (χ4n) is 2.12. The van der Waals surface area contributed by atoms with Crippen molar-refractivity contribution in [3.8, 4) is 0 Å². The molecule has 1 aromatic carbocycles. The summed E-state index contributed by atoms with van der Waals surface area (Å²) in [6, 6.07) is 9.26. The lowest BCUT2D eigenvalue weighted by atomic mass is 9.83. The van der Waals surface area contributed by atoms with Crippen LogP contribution in [0.1, 0.15) is 46.1 Å². The Morgan fingerprint density at radius 2 is 1.78 bits per heavy atom. The van der Waals surface area contributed by atoms with Crippen LogP contribution < -0.4 is 5.32 Å². The highest BCUT2D eigenvalue weighted by Gasteiger charge is 2.23. The van der Waals surface area contributed by atoms with E-state index in [1.165, 1.54) is 18.4 Å². The maximum Gasteiger partial charge on any atom is 0.0175 e. The molecule has 0 heterocycles. The Labute approximate surface area is 120 Å². The second kappa shape index (κ2) is 7.30. The number of nitrogens with one attached hydrogen (secondary N) is 1. The zero-order valence-electron chi connectivity index (χ0n) is 12.1. The van der Waals surface area contributed by atoms with E-state index in [2.05, 4.69) is 73.2 Å². The van der Waals surface area contributed by atoms with Gasteiger partial charge >= 0.3 is 0 Å². The van der Waals surface area contributed by atoms with Crippen molar-refractivity contribution >= 4 is 15.9 Å². The van der Waals surface area contributed by atoms with Crippen molar-refractivity contribution in [2.45, 2.75) is 53.0 Å². The maximum atomic E-state index is 3.68. The van der Waals surface area contributed by atoms with E-state index >= 15 is 0 Å². The smallest absolute Gasteiger partial charge is 0.0175 e. The lowest BCUT2D eigenvalue weighted by molar-refractivity contribution is 0.255. The summed E-state index contributed by atoms with van der Waals surface area (Å²) in [6.07, 6.45) is 3.54. The van der Waals surface area contributed by atoms with E-state index in [-0.39, 0.29) is 0 Å². The molecule has 0 aromatic heterocycles. The Hall–Kier alpha value is -0.340. The first kappa shape index (κ1) is 15.7. The molecule has 2 heteroatoms. The first-order valence-electron chi connectivity index (χ1n) is 6.91. The molecule has 1 aromatic rings. The van der Waals surface area contributed by atoms with E-state index in [4.69, 9.17) is 0 Å². The fraction of sp³-hybridized carbons (Fsp3) is 0.625. The molecule has 0 aliphatic heterocycles. The highest BCUT2D eigenvalue weighted by molar-refractivity contribution is 9.10. The number of aryl methyl sites for hydroxylation is 1. The van der Waals surface area contributed by atoms with E-state index < -0.39 is 0 Å². The summed E-state index contributed by atoms with van der Waals surface area (Å²) in [4.78, 5) is 0. The van der Waals surface area contributed by atoms with Gasteiger partial charge in [-0.1, -0.05) is 55.8 Å². The van der Waals surface area contributed by atoms with E-state index in [9.17, 15) is 0 Å². The van der Waals surface area contributed by atoms with Crippen LogP contribution in [0.2, 0.25) is 0 Å². The van der Waals surface area contributed by atoms with E-state index in [0.29, 0.717) is 11.5 Å². The van der Waals surface area contributed by atoms with Crippen LogP contribution in [0.25, 0.3) is 0 Å². The van der Waals surface area contributed by atoms with E-state index in [1.807, 2.05) is 0 Å². The minimum absolute atomic E-state index is 0.324. The summed E-state index contributed by atoms with van der Waals surface area (Å²) in [5, 5.41) is 3.68. The fourth-order valence-corrected chi connectivity index (χ4v) is 2.39. The molecule has 0 fully saturated rings. The van der Waals surface area contributed by atoms with Crippen LogP contribution >= 0.6 is 15.9 Å². The average Bonchev–Trinajstić information content (AvgIpc) is 2.30. The first-order valence-corrected chi connectivity index (χ1v) is 7.70. The average molecular weight is 312 g/mol. The molecule has 18 heavy (non-hydrogen) atoms. The molecule has 1 unspecified atom stereocenters. The van der Waals surface area contributed by atoms with Crippen molar-refractivity contribution in [1.82, 2.24) is 5.32 Å². The molecule has 0 spiro atoms. The third-order valence-electron chi connectivity index (χ3n) is 3.32. The second-order valence-corrected chi connectivity index (χ2v) is 6.95. The minimum Gasteiger partial charge on any atom is -0.313 e. The van der Waals surface area contributed by atoms with Gasteiger partial charge < -0.3 is 5.32 Å². The lowest BCUT2D eigenvalue weighted by Crippen LogP contribution is -2.41. The molecular weight excluding hydrogens is 286 g/mol. The molecule has 1 N–H and O–H groups in total. The van der Waals surface area contributed by atoms with Gasteiger partial charge in [-0.15, -0.1) is 0 Å². The Balaban J connectivity index is 2.53. The Morgan fingerprint density at radius 3 is 2.28 bits per heavy atom. The van der Waals surface area contributed by atoms with Gasteiger partial charge in [0.05, 0.1) is 0 Å². The van der Waals surface area contributed by atoms with E-state index in [0.717, 1.165) is 17.4 Å². The normalized spacial score (nSPS) is 13.6. The Bertz CT molecular complexity index is 337. The first-order chi connectivity index (χ1) is 8.43. The van der Waals surface area contributed by atoms with Gasteiger partial charge in [-0.2, -0.15) is 0 Å². The van der Waals surface area contributed by atoms with Gasteiger partial charge in [0.2, 0.25) is 0 Å². The number of rotatable bonds is 6. The molecule has 0 bridgehead atoms. The predicted octanol–water partition coefficient (Wildman–Crippen LogP) is 4.80. The molecule has 0 radical (unpaired) electrons. The topological polar surface area (TPSA) is 12.0 Å². The molecule has 0 saturated carbocycles. The van der Waals surface area contributed by atoms with Gasteiger partial charge in [0, 0.05) is 10.5 Å². The molecule has 0 aliphatic rings. The largest absolute Gasteiger partial charge is 0.313 e. The third-order valence-corrected chi connectivity index (χ3v) is 3.85. The molecule has 1 nitrogen and oxygen atoms in total. The van der Waals surface area contributed by atoms with Gasteiger partial charge in [-0.3, -0.25) is 0 Å². The zero-order valence-corrected chi connectivity index (χ0v) is 13.7. The highest BCUT2D eigenvalue weighted by atomic mass is 79.9. The van der Waals surface area contributed by atoms with Crippen molar-refractivity contribution in [1.29, 1.82) is 0 Å². The van der Waals surface area contributed by atoms with Crippen LogP contribution in [-0.4, -0.2) is 12.6 Å². The number of hydrogen-bond acceptors (Lipinski definition) is 1.